The average Bonchev–Trinajstić information content (AvgIpc) is 2.49. The molecule has 1 aromatic rings. The summed E-state index contributed by atoms with van der Waals surface area (Å²) >= 11 is 0. The van der Waals surface area contributed by atoms with Crippen molar-refractivity contribution in [2.45, 2.75) is 65.2 Å². The second kappa shape index (κ2) is 7.61. The molecule has 0 amide bonds. The number of aryl methyl sites for hydroxylation is 1. The number of rotatable bonds is 6. The van der Waals surface area contributed by atoms with Gasteiger partial charge in [-0.2, -0.15) is 0 Å². The summed E-state index contributed by atoms with van der Waals surface area (Å²) in [6, 6.07) is 8.56. The Balaban J connectivity index is 1.83. The van der Waals surface area contributed by atoms with E-state index < -0.39 is 0 Å². The first-order chi connectivity index (χ1) is 9.72. The van der Waals surface area contributed by atoms with Gasteiger partial charge in [-0.3, -0.25) is 4.79 Å². The smallest absolute Gasteiger partial charge is 0.140 e. The number of carbonyl (C=O) groups excluding carboxylic acids is 1. The first-order valence-electron chi connectivity index (χ1n) is 8.33. The lowest BCUT2D eigenvalue weighted by Crippen LogP contribution is -2.23. The maximum Gasteiger partial charge on any atom is 0.140 e. The molecule has 0 aliphatic heterocycles. The lowest BCUT2D eigenvalue weighted by molar-refractivity contribution is -0.123. The van der Waals surface area contributed by atoms with E-state index in [2.05, 4.69) is 38.1 Å². The third-order valence-corrected chi connectivity index (χ3v) is 4.81. The van der Waals surface area contributed by atoms with Crippen LogP contribution in [0.5, 0.6) is 0 Å². The summed E-state index contributed by atoms with van der Waals surface area (Å²) in [5.41, 5.74) is 2.53. The zero-order valence-electron chi connectivity index (χ0n) is 13.0. The monoisotopic (exact) mass is 272 g/mol. The molecule has 0 unspecified atom stereocenters. The normalized spacial score (nSPS) is 22.7. The molecule has 1 fully saturated rings. The van der Waals surface area contributed by atoms with Gasteiger partial charge in [0.25, 0.3) is 0 Å². The molecule has 1 aromatic carbocycles. The highest BCUT2D eigenvalue weighted by atomic mass is 16.1. The first kappa shape index (κ1) is 15.3. The van der Waals surface area contributed by atoms with E-state index in [0.29, 0.717) is 18.1 Å². The SMILES string of the molecule is CCCC1CCC(C(=O)Cc2ccc(CC)cc2)CC1. The number of ketones is 1. The fourth-order valence-electron chi connectivity index (χ4n) is 3.42. The van der Waals surface area contributed by atoms with Crippen LogP contribution in [0, 0.1) is 11.8 Å². The molecular formula is C19H28O. The van der Waals surface area contributed by atoms with Crippen LogP contribution in [0.1, 0.15) is 63.5 Å². The second-order valence-corrected chi connectivity index (χ2v) is 6.32. The molecule has 0 atom stereocenters. The van der Waals surface area contributed by atoms with E-state index in [9.17, 15) is 4.79 Å². The largest absolute Gasteiger partial charge is 0.299 e. The Hall–Kier alpha value is -1.11. The van der Waals surface area contributed by atoms with Crippen molar-refractivity contribution < 1.29 is 4.79 Å². The Morgan fingerprint density at radius 3 is 2.15 bits per heavy atom. The Kier molecular flexibility index (Phi) is 5.82. The second-order valence-electron chi connectivity index (χ2n) is 6.32. The molecule has 1 nitrogen and oxygen atoms in total. The maximum atomic E-state index is 12.4. The van der Waals surface area contributed by atoms with Gasteiger partial charge in [0.15, 0.2) is 0 Å². The molecule has 2 rings (SSSR count). The first-order valence-corrected chi connectivity index (χ1v) is 8.33. The van der Waals surface area contributed by atoms with Crippen LogP contribution in [0.3, 0.4) is 0 Å². The number of carbonyl (C=O) groups is 1. The van der Waals surface area contributed by atoms with Crippen LogP contribution in [0.25, 0.3) is 0 Å². The Morgan fingerprint density at radius 1 is 1.00 bits per heavy atom. The molecule has 0 spiro atoms. The Morgan fingerprint density at radius 2 is 1.60 bits per heavy atom. The minimum Gasteiger partial charge on any atom is -0.299 e. The summed E-state index contributed by atoms with van der Waals surface area (Å²) in [5.74, 6) is 1.67. The van der Waals surface area contributed by atoms with E-state index in [0.717, 1.165) is 25.2 Å². The van der Waals surface area contributed by atoms with Crippen molar-refractivity contribution in [1.29, 1.82) is 0 Å². The third-order valence-electron chi connectivity index (χ3n) is 4.81. The molecule has 0 bridgehead atoms. The van der Waals surface area contributed by atoms with Crippen molar-refractivity contribution in [2.24, 2.45) is 11.8 Å². The summed E-state index contributed by atoms with van der Waals surface area (Å²) in [4.78, 5) is 12.4. The predicted molar refractivity (Wildman–Crippen MR) is 84.9 cm³/mol. The van der Waals surface area contributed by atoms with Crippen molar-refractivity contribution in [3.8, 4) is 0 Å². The zero-order valence-corrected chi connectivity index (χ0v) is 13.0. The van der Waals surface area contributed by atoms with Gasteiger partial charge in [0.2, 0.25) is 0 Å². The van der Waals surface area contributed by atoms with Gasteiger partial charge in [0.05, 0.1) is 0 Å². The van der Waals surface area contributed by atoms with Crippen LogP contribution >= 0.6 is 0 Å². The molecule has 0 aromatic heterocycles. The van der Waals surface area contributed by atoms with Crippen LogP contribution in [0.4, 0.5) is 0 Å². The lowest BCUT2D eigenvalue weighted by Gasteiger charge is -2.27. The number of benzene rings is 1. The van der Waals surface area contributed by atoms with Gasteiger partial charge in [-0.05, 0) is 49.1 Å². The minimum atomic E-state index is 0.328. The fraction of sp³-hybridized carbons (Fsp3) is 0.632. The highest BCUT2D eigenvalue weighted by Gasteiger charge is 2.25. The zero-order chi connectivity index (χ0) is 14.4. The van der Waals surface area contributed by atoms with Gasteiger partial charge < -0.3 is 0 Å². The number of hydrogen-bond acceptors (Lipinski definition) is 1. The summed E-state index contributed by atoms with van der Waals surface area (Å²) in [6.45, 7) is 4.42. The lowest BCUT2D eigenvalue weighted by atomic mass is 9.77. The average molecular weight is 272 g/mol. The molecule has 0 saturated heterocycles. The molecular weight excluding hydrogens is 244 g/mol. The van der Waals surface area contributed by atoms with Crippen molar-refractivity contribution in [1.82, 2.24) is 0 Å². The van der Waals surface area contributed by atoms with Gasteiger partial charge in [-0.15, -0.1) is 0 Å². The fourth-order valence-corrected chi connectivity index (χ4v) is 3.42. The van der Waals surface area contributed by atoms with Crippen molar-refractivity contribution in [3.63, 3.8) is 0 Å². The van der Waals surface area contributed by atoms with Crippen molar-refractivity contribution in [2.75, 3.05) is 0 Å². The Bertz CT molecular complexity index is 410. The van der Waals surface area contributed by atoms with Gasteiger partial charge in [0, 0.05) is 12.3 Å². The van der Waals surface area contributed by atoms with Gasteiger partial charge in [0.1, 0.15) is 5.78 Å². The van der Waals surface area contributed by atoms with E-state index in [1.807, 2.05) is 0 Å². The summed E-state index contributed by atoms with van der Waals surface area (Å²) in [6.07, 6.45) is 9.10. The topological polar surface area (TPSA) is 17.1 Å². The van der Waals surface area contributed by atoms with Crippen LogP contribution in [0.15, 0.2) is 24.3 Å². The number of hydrogen-bond donors (Lipinski definition) is 0. The molecule has 1 aliphatic carbocycles. The summed E-state index contributed by atoms with van der Waals surface area (Å²) in [7, 11) is 0. The van der Waals surface area contributed by atoms with Gasteiger partial charge in [-0.25, -0.2) is 0 Å². The van der Waals surface area contributed by atoms with Crippen LogP contribution in [-0.2, 0) is 17.6 Å². The van der Waals surface area contributed by atoms with Crippen molar-refractivity contribution in [3.05, 3.63) is 35.4 Å². The van der Waals surface area contributed by atoms with E-state index in [4.69, 9.17) is 0 Å². The third kappa shape index (κ3) is 4.19. The standard InChI is InChI=1S/C19H28O/c1-3-5-16-10-12-18(13-11-16)19(20)14-17-8-6-15(4-2)7-9-17/h6-9,16,18H,3-5,10-14H2,1-2H3. The molecule has 1 saturated carbocycles. The van der Waals surface area contributed by atoms with E-state index in [1.54, 1.807) is 0 Å². The Labute approximate surface area is 123 Å². The highest BCUT2D eigenvalue weighted by molar-refractivity contribution is 5.83. The van der Waals surface area contributed by atoms with Crippen LogP contribution in [0.2, 0.25) is 0 Å². The summed E-state index contributed by atoms with van der Waals surface area (Å²) in [5, 5.41) is 0. The molecule has 0 radical (unpaired) electrons. The van der Waals surface area contributed by atoms with E-state index in [1.165, 1.54) is 36.8 Å². The highest BCUT2D eigenvalue weighted by Crippen LogP contribution is 2.32. The quantitative estimate of drug-likeness (QED) is 0.714. The summed E-state index contributed by atoms with van der Waals surface area (Å²) < 4.78 is 0. The maximum absolute atomic E-state index is 12.4. The van der Waals surface area contributed by atoms with Gasteiger partial charge in [-0.1, -0.05) is 51.0 Å². The van der Waals surface area contributed by atoms with Crippen molar-refractivity contribution >= 4 is 5.78 Å². The molecule has 1 aliphatic rings. The van der Waals surface area contributed by atoms with E-state index >= 15 is 0 Å². The van der Waals surface area contributed by atoms with Crippen LogP contribution < -0.4 is 0 Å². The van der Waals surface area contributed by atoms with E-state index in [-0.39, 0.29) is 0 Å². The van der Waals surface area contributed by atoms with Gasteiger partial charge >= 0.3 is 0 Å². The predicted octanol–water partition coefficient (Wildman–Crippen LogP) is 4.97. The minimum absolute atomic E-state index is 0.328. The number of Topliss-reactive ketones (excluding diaryl/α,β-unsaturated/α-hetero) is 1. The molecule has 0 N–H and O–H groups in total. The molecule has 1 heteroatoms. The van der Waals surface area contributed by atoms with Crippen LogP contribution in [-0.4, -0.2) is 5.78 Å². The molecule has 110 valence electrons. The molecule has 0 heterocycles. The molecule has 20 heavy (non-hydrogen) atoms.